The number of hydrogen-bond donors (Lipinski definition) is 3. The Bertz CT molecular complexity index is 1220. The molecule has 2 aromatic rings. The fourth-order valence-corrected chi connectivity index (χ4v) is 5.35. The minimum atomic E-state index is -4.32. The van der Waals surface area contributed by atoms with Crippen LogP contribution in [0.15, 0.2) is 52.2 Å². The lowest BCUT2D eigenvalue weighted by molar-refractivity contribution is -0.149. The van der Waals surface area contributed by atoms with Crippen molar-refractivity contribution in [3.8, 4) is 5.75 Å². The molecule has 0 bridgehead atoms. The average molecular weight is 594 g/mol. The number of H-pyrrole nitrogens is 1. The van der Waals surface area contributed by atoms with Crippen LogP contribution in [-0.2, 0) is 23.4 Å². The Morgan fingerprint density at radius 2 is 1.97 bits per heavy atom. The first kappa shape index (κ1) is 28.2. The number of carbonyl (C=O) groups is 1. The van der Waals surface area contributed by atoms with E-state index >= 15 is 4.39 Å². The van der Waals surface area contributed by atoms with Crippen molar-refractivity contribution in [2.75, 3.05) is 6.61 Å². The molecule has 3 N–H and O–H groups in total. The summed E-state index contributed by atoms with van der Waals surface area (Å²) in [5, 5.41) is 13.0. The minimum absolute atomic E-state index is 0.142. The second kappa shape index (κ2) is 11.4. The fraction of sp³-hybridized carbons (Fsp3) is 0.476. The summed E-state index contributed by atoms with van der Waals surface area (Å²) in [4.78, 5) is 37.7. The Morgan fingerprint density at radius 3 is 2.58 bits per heavy atom. The van der Waals surface area contributed by atoms with E-state index < -0.39 is 66.7 Å². The third-order valence-corrected chi connectivity index (χ3v) is 7.42. The molecule has 0 saturated carbocycles. The lowest BCUT2D eigenvalue weighted by atomic mass is 10.1. The van der Waals surface area contributed by atoms with Gasteiger partial charge in [-0.25, -0.2) is 13.8 Å². The van der Waals surface area contributed by atoms with Crippen molar-refractivity contribution in [3.63, 3.8) is 0 Å². The number of aromatic nitrogens is 2. The van der Waals surface area contributed by atoms with E-state index in [1.807, 2.05) is 4.98 Å². The summed E-state index contributed by atoms with van der Waals surface area (Å²) in [6, 6.07) is 7.79. The molecule has 0 amide bonds. The van der Waals surface area contributed by atoms with Crippen molar-refractivity contribution in [2.24, 2.45) is 0 Å². The highest BCUT2D eigenvalue weighted by Crippen LogP contribution is 2.49. The average Bonchev–Trinajstić information content (AvgIpc) is 3.01. The molecule has 0 radical (unpaired) electrons. The second-order valence-electron chi connectivity index (χ2n) is 8.20. The van der Waals surface area contributed by atoms with Gasteiger partial charge in [0.05, 0.1) is 12.7 Å². The number of nitrogens with one attached hydrogen (secondary N) is 2. The Balaban J connectivity index is 1.80. The van der Waals surface area contributed by atoms with Crippen molar-refractivity contribution in [1.82, 2.24) is 14.6 Å². The number of rotatable bonds is 10. The minimum Gasteiger partial charge on any atom is -0.462 e. The van der Waals surface area contributed by atoms with Gasteiger partial charge in [-0.05, 0) is 48.8 Å². The molecule has 1 aliphatic rings. The lowest BCUT2D eigenvalue weighted by Crippen LogP contribution is -2.41. The van der Waals surface area contributed by atoms with Gasteiger partial charge in [-0.1, -0.05) is 18.2 Å². The molecule has 1 aromatic heterocycles. The summed E-state index contributed by atoms with van der Waals surface area (Å²) >= 11 is 2.73. The third kappa shape index (κ3) is 6.69. The molecule has 1 fully saturated rings. The first-order valence-corrected chi connectivity index (χ1v) is 13.2. The van der Waals surface area contributed by atoms with E-state index in [-0.39, 0.29) is 5.75 Å². The molecule has 6 atom stereocenters. The van der Waals surface area contributed by atoms with Crippen LogP contribution in [0.2, 0.25) is 0 Å². The summed E-state index contributed by atoms with van der Waals surface area (Å²) in [6.07, 6.45) is -4.46. The van der Waals surface area contributed by atoms with E-state index in [4.69, 9.17) is 18.5 Å². The summed E-state index contributed by atoms with van der Waals surface area (Å²) in [5.74, 6) is -0.577. The van der Waals surface area contributed by atoms with Crippen LogP contribution in [0.5, 0.6) is 5.75 Å². The van der Waals surface area contributed by atoms with E-state index in [2.05, 4.69) is 21.0 Å². The third-order valence-electron chi connectivity index (χ3n) is 4.92. The number of aliphatic hydroxyl groups is 1. The Hall–Kier alpha value is -2.35. The van der Waals surface area contributed by atoms with Gasteiger partial charge in [0.1, 0.15) is 24.0 Å². The highest BCUT2D eigenvalue weighted by Gasteiger charge is 2.57. The molecule has 0 spiro atoms. The Labute approximate surface area is 213 Å². The number of ether oxygens (including phenoxy) is 2. The van der Waals surface area contributed by atoms with Gasteiger partial charge in [-0.3, -0.25) is 23.7 Å². The number of carbonyl (C=O) groups excluding carboxylic acids is 1. The molecule has 2 heterocycles. The van der Waals surface area contributed by atoms with Gasteiger partial charge in [0.2, 0.25) is 4.58 Å². The van der Waals surface area contributed by atoms with Crippen LogP contribution in [0, 0.1) is 0 Å². The summed E-state index contributed by atoms with van der Waals surface area (Å²) in [5.41, 5.74) is -1.68. The smallest absolute Gasteiger partial charge is 0.459 e. The molecular formula is C21H26BrFN3O9P. The number of esters is 1. The van der Waals surface area contributed by atoms with Crippen molar-refractivity contribution in [1.29, 1.82) is 0 Å². The topological polar surface area (TPSA) is 158 Å². The summed E-state index contributed by atoms with van der Waals surface area (Å²) in [6.45, 7) is 4.01. The van der Waals surface area contributed by atoms with Gasteiger partial charge in [-0.15, -0.1) is 0 Å². The molecule has 1 saturated heterocycles. The van der Waals surface area contributed by atoms with Gasteiger partial charge >= 0.3 is 19.4 Å². The van der Waals surface area contributed by atoms with E-state index in [9.17, 15) is 24.1 Å². The monoisotopic (exact) mass is 593 g/mol. The molecule has 198 valence electrons. The van der Waals surface area contributed by atoms with E-state index in [0.29, 0.717) is 0 Å². The van der Waals surface area contributed by atoms with E-state index in [1.54, 1.807) is 32.0 Å². The first-order chi connectivity index (χ1) is 16.8. The maximum atomic E-state index is 15.3. The number of benzene rings is 1. The molecular weight excluding hydrogens is 568 g/mol. The van der Waals surface area contributed by atoms with Gasteiger partial charge in [0.15, 0.2) is 6.23 Å². The van der Waals surface area contributed by atoms with Crippen molar-refractivity contribution < 1.29 is 37.4 Å². The van der Waals surface area contributed by atoms with Crippen LogP contribution in [0.4, 0.5) is 4.39 Å². The standard InChI is InChI=1S/C21H26BrFN3O9P/c1-12(2)33-18(29)13(3)25-36(31,35-14-7-5-4-6-8-14)32-11-15-17(28)21(22,23)19(34-15)26-10-9-16(27)24-20(26)30/h4-10,12-13,15,17,19,28H,11H2,1-3H3,(H,25,31)(H,24,27,30)/t13-,15?,17+,19?,21+,36?/m0/s1. The van der Waals surface area contributed by atoms with Gasteiger partial charge < -0.3 is 19.1 Å². The van der Waals surface area contributed by atoms with Crippen LogP contribution >= 0.6 is 23.7 Å². The summed E-state index contributed by atoms with van der Waals surface area (Å²) in [7, 11) is -4.32. The van der Waals surface area contributed by atoms with Crippen molar-refractivity contribution >= 4 is 29.6 Å². The molecule has 1 aromatic carbocycles. The van der Waals surface area contributed by atoms with Crippen LogP contribution in [-0.4, -0.2) is 56.2 Å². The van der Waals surface area contributed by atoms with Gasteiger partial charge in [0, 0.05) is 12.3 Å². The quantitative estimate of drug-likeness (QED) is 0.211. The van der Waals surface area contributed by atoms with Crippen LogP contribution < -0.4 is 20.9 Å². The predicted octanol–water partition coefficient (Wildman–Crippen LogP) is 1.99. The van der Waals surface area contributed by atoms with Gasteiger partial charge in [-0.2, -0.15) is 5.09 Å². The number of alkyl halides is 2. The Kier molecular flexibility index (Phi) is 8.91. The van der Waals surface area contributed by atoms with Crippen molar-refractivity contribution in [3.05, 3.63) is 63.4 Å². The lowest BCUT2D eigenvalue weighted by Gasteiger charge is -2.25. The Morgan fingerprint density at radius 1 is 1.31 bits per heavy atom. The normalized spacial score (nSPS) is 26.4. The van der Waals surface area contributed by atoms with Crippen molar-refractivity contribution in [2.45, 2.75) is 55.9 Å². The highest BCUT2D eigenvalue weighted by molar-refractivity contribution is 9.10. The molecule has 36 heavy (non-hydrogen) atoms. The maximum Gasteiger partial charge on any atom is 0.459 e. The maximum absolute atomic E-state index is 15.3. The largest absolute Gasteiger partial charge is 0.462 e. The second-order valence-corrected chi connectivity index (χ2v) is 11.1. The highest BCUT2D eigenvalue weighted by atomic mass is 79.9. The number of aromatic amines is 1. The number of nitrogens with zero attached hydrogens (tertiary/aromatic N) is 1. The predicted molar refractivity (Wildman–Crippen MR) is 128 cm³/mol. The molecule has 12 nitrogen and oxygen atoms in total. The summed E-state index contributed by atoms with van der Waals surface area (Å²) < 4.78 is 48.5. The molecule has 15 heteroatoms. The molecule has 3 rings (SSSR count). The zero-order valence-corrected chi connectivity index (χ0v) is 22.0. The van der Waals surface area contributed by atoms with Gasteiger partial charge in [0.25, 0.3) is 5.56 Å². The van der Waals surface area contributed by atoms with Crippen LogP contribution in [0.25, 0.3) is 0 Å². The number of para-hydroxylation sites is 1. The van der Waals surface area contributed by atoms with Crippen LogP contribution in [0.1, 0.15) is 27.0 Å². The van der Waals surface area contributed by atoms with E-state index in [1.165, 1.54) is 19.1 Å². The van der Waals surface area contributed by atoms with Crippen LogP contribution in [0.3, 0.4) is 0 Å². The molecule has 0 aliphatic carbocycles. The first-order valence-electron chi connectivity index (χ1n) is 10.8. The molecule has 1 aliphatic heterocycles. The zero-order chi connectivity index (χ0) is 26.7. The number of halogens is 2. The number of aliphatic hydroxyl groups excluding tert-OH is 1. The number of hydrogen-bond acceptors (Lipinski definition) is 9. The molecule has 3 unspecified atom stereocenters. The zero-order valence-electron chi connectivity index (χ0n) is 19.5. The fourth-order valence-electron chi connectivity index (χ4n) is 3.22. The van der Waals surface area contributed by atoms with E-state index in [0.717, 1.165) is 16.8 Å². The SMILES string of the molecule is CC(C)OC(=O)[C@H](C)NP(=O)(OCC1OC(n2ccc(=O)[nH]c2=O)[C@@](F)(Br)[C@@H]1O)Oc1ccccc1.